The van der Waals surface area contributed by atoms with E-state index >= 15 is 0 Å². The summed E-state index contributed by atoms with van der Waals surface area (Å²) in [5.41, 5.74) is 0.558. The number of carbonyl (C=O) groups is 2. The Hall–Kier alpha value is -2.94. The van der Waals surface area contributed by atoms with Crippen molar-refractivity contribution in [2.24, 2.45) is 5.41 Å². The maximum absolute atomic E-state index is 12.8. The number of carbonyl (C=O) groups excluding carboxylic acids is 2. The van der Waals surface area contributed by atoms with Crippen molar-refractivity contribution < 1.29 is 14.0 Å². The number of hydrogen-bond donors (Lipinski definition) is 1. The van der Waals surface area contributed by atoms with Gasteiger partial charge >= 0.3 is 0 Å². The first kappa shape index (κ1) is 15.9. The summed E-state index contributed by atoms with van der Waals surface area (Å²) in [5, 5.41) is 12.2. The van der Waals surface area contributed by atoms with Crippen LogP contribution in [0.3, 0.4) is 0 Å². The van der Waals surface area contributed by atoms with Crippen LogP contribution in [-0.2, 0) is 6.42 Å². The number of fused-ring (bicyclic) bond motifs is 1. The minimum Gasteiger partial charge on any atom is -0.468 e. The second kappa shape index (κ2) is 5.93. The molecule has 24 heavy (non-hydrogen) atoms. The van der Waals surface area contributed by atoms with Gasteiger partial charge in [-0.15, -0.1) is 0 Å². The van der Waals surface area contributed by atoms with Crippen LogP contribution >= 0.6 is 0 Å². The summed E-state index contributed by atoms with van der Waals surface area (Å²) in [4.78, 5) is 29.3. The Labute approximate surface area is 139 Å². The highest BCUT2D eigenvalue weighted by Gasteiger charge is 2.35. The van der Waals surface area contributed by atoms with E-state index < -0.39 is 11.7 Å². The van der Waals surface area contributed by atoms with Gasteiger partial charge in [-0.3, -0.25) is 14.6 Å². The monoisotopic (exact) mass is 323 g/mol. The van der Waals surface area contributed by atoms with Gasteiger partial charge in [0.1, 0.15) is 12.0 Å². The Morgan fingerprint density at radius 3 is 2.92 bits per heavy atom. The molecule has 0 fully saturated rings. The number of Topliss-reactive ketones (excluding diaryl/α,β-unsaturated/α-hetero) is 1. The van der Waals surface area contributed by atoms with Crippen LogP contribution in [0.5, 0.6) is 0 Å². The Bertz CT molecular complexity index is 831. The lowest BCUT2D eigenvalue weighted by atomic mass is 9.87. The first-order valence-electron chi connectivity index (χ1n) is 7.66. The minimum atomic E-state index is -1.07. The van der Waals surface area contributed by atoms with E-state index in [0.29, 0.717) is 24.4 Å². The predicted molar refractivity (Wildman–Crippen MR) is 85.4 cm³/mol. The molecule has 0 radical (unpaired) electrons. The Morgan fingerprint density at radius 2 is 2.25 bits per heavy atom. The number of nitrogens with one attached hydrogen (secondary N) is 1. The molecule has 1 aliphatic heterocycles. The van der Waals surface area contributed by atoms with Gasteiger partial charge in [-0.1, -0.05) is 19.9 Å². The van der Waals surface area contributed by atoms with Crippen molar-refractivity contribution in [3.8, 4) is 6.07 Å². The van der Waals surface area contributed by atoms with Crippen LogP contribution in [0.4, 0.5) is 0 Å². The zero-order valence-corrected chi connectivity index (χ0v) is 13.5. The van der Waals surface area contributed by atoms with Gasteiger partial charge in [0.05, 0.1) is 22.9 Å². The van der Waals surface area contributed by atoms with Crippen LogP contribution < -0.4 is 5.32 Å². The van der Waals surface area contributed by atoms with Crippen LogP contribution in [0, 0.1) is 16.7 Å². The topological polar surface area (TPSA) is 96.0 Å². The first-order valence-corrected chi connectivity index (χ1v) is 7.66. The fourth-order valence-corrected chi connectivity index (χ4v) is 2.82. The van der Waals surface area contributed by atoms with Crippen molar-refractivity contribution in [3.63, 3.8) is 0 Å². The third kappa shape index (κ3) is 2.81. The smallest absolute Gasteiger partial charge is 0.255 e. The van der Waals surface area contributed by atoms with E-state index in [9.17, 15) is 14.9 Å². The van der Waals surface area contributed by atoms with Crippen LogP contribution in [0.1, 0.15) is 51.9 Å². The SMILES string of the molecule is CC1(C)CNC(=O)c2c(C(=O)C(C#N)c3ccccn3)coc2C1. The fraction of sp³-hybridized carbons (Fsp3) is 0.333. The van der Waals surface area contributed by atoms with Gasteiger partial charge in [0.15, 0.2) is 11.7 Å². The summed E-state index contributed by atoms with van der Waals surface area (Å²) in [6.45, 7) is 4.52. The highest BCUT2D eigenvalue weighted by molar-refractivity contribution is 6.11. The molecule has 6 heteroatoms. The maximum atomic E-state index is 12.8. The van der Waals surface area contributed by atoms with E-state index in [0.717, 1.165) is 0 Å². The molecule has 1 aliphatic rings. The summed E-state index contributed by atoms with van der Waals surface area (Å²) in [6, 6.07) is 7.02. The lowest BCUT2D eigenvalue weighted by Gasteiger charge is -2.20. The maximum Gasteiger partial charge on any atom is 0.255 e. The molecule has 1 amide bonds. The molecule has 1 atom stereocenters. The van der Waals surface area contributed by atoms with E-state index in [1.165, 1.54) is 12.5 Å². The highest BCUT2D eigenvalue weighted by atomic mass is 16.3. The average molecular weight is 323 g/mol. The Balaban J connectivity index is 2.02. The second-order valence-electron chi connectivity index (χ2n) is 6.65. The third-order valence-electron chi connectivity index (χ3n) is 4.10. The number of aromatic nitrogens is 1. The molecule has 1 N–H and O–H groups in total. The lowest BCUT2D eigenvalue weighted by molar-refractivity contribution is 0.0925. The van der Waals surface area contributed by atoms with Gasteiger partial charge in [-0.05, 0) is 17.5 Å². The molecular weight excluding hydrogens is 306 g/mol. The van der Waals surface area contributed by atoms with E-state index in [-0.39, 0.29) is 22.4 Å². The number of nitrogens with zero attached hydrogens (tertiary/aromatic N) is 2. The molecule has 3 rings (SSSR count). The van der Waals surface area contributed by atoms with Gasteiger partial charge in [-0.25, -0.2) is 0 Å². The second-order valence-corrected chi connectivity index (χ2v) is 6.65. The Kier molecular flexibility index (Phi) is 3.94. The number of nitriles is 1. The highest BCUT2D eigenvalue weighted by Crippen LogP contribution is 2.31. The summed E-state index contributed by atoms with van der Waals surface area (Å²) in [5.74, 6) is -1.41. The van der Waals surface area contributed by atoms with Crippen molar-refractivity contribution in [2.45, 2.75) is 26.2 Å². The largest absolute Gasteiger partial charge is 0.468 e. The summed E-state index contributed by atoms with van der Waals surface area (Å²) < 4.78 is 5.51. The van der Waals surface area contributed by atoms with Gasteiger partial charge < -0.3 is 9.73 Å². The summed E-state index contributed by atoms with van der Waals surface area (Å²) >= 11 is 0. The number of amides is 1. The molecule has 2 aromatic heterocycles. The molecule has 0 saturated carbocycles. The quantitative estimate of drug-likeness (QED) is 0.875. The molecule has 0 aromatic carbocycles. The molecule has 0 spiro atoms. The van der Waals surface area contributed by atoms with E-state index in [4.69, 9.17) is 4.42 Å². The summed E-state index contributed by atoms with van der Waals surface area (Å²) in [7, 11) is 0. The van der Waals surface area contributed by atoms with E-state index in [1.54, 1.807) is 18.2 Å². The lowest BCUT2D eigenvalue weighted by Crippen LogP contribution is -2.32. The minimum absolute atomic E-state index is 0.136. The van der Waals surface area contributed by atoms with Crippen molar-refractivity contribution >= 4 is 11.7 Å². The average Bonchev–Trinajstić information content (AvgIpc) is 2.92. The van der Waals surface area contributed by atoms with Gasteiger partial charge in [0, 0.05) is 19.2 Å². The standard InChI is InChI=1S/C18H17N3O3/c1-18(2)7-14-15(17(23)21-10-18)12(9-24-14)16(22)11(8-19)13-5-3-4-6-20-13/h3-6,9,11H,7,10H2,1-2H3,(H,21,23). The number of furan rings is 1. The van der Waals surface area contributed by atoms with E-state index in [1.807, 2.05) is 19.9 Å². The Morgan fingerprint density at radius 1 is 1.46 bits per heavy atom. The zero-order chi connectivity index (χ0) is 17.3. The van der Waals surface area contributed by atoms with Crippen molar-refractivity contribution in [1.82, 2.24) is 10.3 Å². The molecule has 0 saturated heterocycles. The van der Waals surface area contributed by atoms with Gasteiger partial charge in [0.2, 0.25) is 0 Å². The first-order chi connectivity index (χ1) is 11.4. The van der Waals surface area contributed by atoms with Gasteiger partial charge in [-0.2, -0.15) is 5.26 Å². The molecule has 1 unspecified atom stereocenters. The molecule has 3 heterocycles. The molecule has 6 nitrogen and oxygen atoms in total. The van der Waals surface area contributed by atoms with Crippen LogP contribution in [-0.4, -0.2) is 23.2 Å². The summed E-state index contributed by atoms with van der Waals surface area (Å²) in [6.07, 6.45) is 3.34. The molecule has 122 valence electrons. The number of ketones is 1. The van der Waals surface area contributed by atoms with Crippen LogP contribution in [0.25, 0.3) is 0 Å². The number of rotatable bonds is 3. The van der Waals surface area contributed by atoms with Crippen molar-refractivity contribution in [1.29, 1.82) is 5.26 Å². The van der Waals surface area contributed by atoms with E-state index in [2.05, 4.69) is 10.3 Å². The molecule has 0 aliphatic carbocycles. The van der Waals surface area contributed by atoms with Crippen molar-refractivity contribution in [2.75, 3.05) is 6.54 Å². The zero-order valence-electron chi connectivity index (χ0n) is 13.5. The third-order valence-corrected chi connectivity index (χ3v) is 4.10. The van der Waals surface area contributed by atoms with Crippen molar-refractivity contribution in [3.05, 3.63) is 53.2 Å². The number of hydrogen-bond acceptors (Lipinski definition) is 5. The fourth-order valence-electron chi connectivity index (χ4n) is 2.82. The van der Waals surface area contributed by atoms with Crippen LogP contribution in [0.2, 0.25) is 0 Å². The van der Waals surface area contributed by atoms with Crippen LogP contribution in [0.15, 0.2) is 35.1 Å². The predicted octanol–water partition coefficient (Wildman–Crippen LogP) is 2.48. The number of pyridine rings is 1. The normalized spacial score (nSPS) is 17.1. The molecule has 0 bridgehead atoms. The molecule has 2 aromatic rings. The van der Waals surface area contributed by atoms with Gasteiger partial charge in [0.25, 0.3) is 5.91 Å². The molecular formula is C18H17N3O3.